The van der Waals surface area contributed by atoms with Crippen LogP contribution < -0.4 is 4.90 Å². The van der Waals surface area contributed by atoms with Gasteiger partial charge >= 0.3 is 12.2 Å². The highest BCUT2D eigenvalue weighted by molar-refractivity contribution is 6.09. The van der Waals surface area contributed by atoms with E-state index in [1.54, 1.807) is 25.5 Å². The van der Waals surface area contributed by atoms with Crippen molar-refractivity contribution in [1.29, 1.82) is 5.26 Å². The normalized spacial score (nSPS) is 17.2. The average molecular weight is 549 g/mol. The van der Waals surface area contributed by atoms with Crippen LogP contribution >= 0.6 is 0 Å². The number of ketones is 1. The van der Waals surface area contributed by atoms with Crippen molar-refractivity contribution in [2.24, 2.45) is 0 Å². The molecule has 1 aliphatic carbocycles. The number of hydrogen-bond donors (Lipinski definition) is 1. The molecule has 0 saturated carbocycles. The first-order valence-electron chi connectivity index (χ1n) is 12.3. The number of aromatic nitrogens is 2. The summed E-state index contributed by atoms with van der Waals surface area (Å²) in [5, 5.41) is 16.1. The number of Topliss-reactive ketones (excluding diaryl/α,β-unsaturated/α-hetero) is 1. The van der Waals surface area contributed by atoms with Gasteiger partial charge in [-0.25, -0.2) is 4.79 Å². The average Bonchev–Trinajstić information content (AvgIpc) is 3.58. The highest BCUT2D eigenvalue weighted by Crippen LogP contribution is 2.46. The summed E-state index contributed by atoms with van der Waals surface area (Å²) in [6, 6.07) is 9.23. The van der Waals surface area contributed by atoms with Crippen LogP contribution in [0.2, 0.25) is 0 Å². The van der Waals surface area contributed by atoms with Crippen LogP contribution in [-0.2, 0) is 17.5 Å². The molecule has 1 aromatic heterocycles. The van der Waals surface area contributed by atoms with E-state index in [4.69, 9.17) is 0 Å². The number of urea groups is 1. The zero-order chi connectivity index (χ0) is 28.8. The summed E-state index contributed by atoms with van der Waals surface area (Å²) in [7, 11) is 3.01. The number of alkyl halides is 3. The minimum absolute atomic E-state index is 0.0108. The summed E-state index contributed by atoms with van der Waals surface area (Å²) in [6.07, 6.45) is -1.19. The van der Waals surface area contributed by atoms with Crippen LogP contribution in [0.4, 0.5) is 23.7 Å². The van der Waals surface area contributed by atoms with Crippen molar-refractivity contribution in [2.75, 3.05) is 19.0 Å². The second-order valence-corrected chi connectivity index (χ2v) is 9.64. The number of benzene rings is 2. The van der Waals surface area contributed by atoms with Gasteiger partial charge in [-0.05, 0) is 42.3 Å². The molecular weight excluding hydrogens is 525 g/mol. The number of anilines is 1. The van der Waals surface area contributed by atoms with E-state index in [2.05, 4.69) is 10.2 Å². The Kier molecular flexibility index (Phi) is 6.67. The van der Waals surface area contributed by atoms with Crippen LogP contribution in [0.25, 0.3) is 0 Å². The lowest BCUT2D eigenvalue weighted by molar-refractivity contribution is -0.137. The van der Waals surface area contributed by atoms with Gasteiger partial charge < -0.3 is 9.80 Å². The van der Waals surface area contributed by atoms with E-state index in [0.717, 1.165) is 22.6 Å². The highest BCUT2D eigenvalue weighted by Gasteiger charge is 2.46. The van der Waals surface area contributed by atoms with Gasteiger partial charge in [-0.3, -0.25) is 19.6 Å². The number of rotatable bonds is 5. The highest BCUT2D eigenvalue weighted by atomic mass is 19.4. The summed E-state index contributed by atoms with van der Waals surface area (Å²) in [4.78, 5) is 44.4. The molecule has 0 radical (unpaired) electrons. The fourth-order valence-electron chi connectivity index (χ4n) is 5.20. The number of aromatic amines is 1. The van der Waals surface area contributed by atoms with E-state index in [-0.39, 0.29) is 47.6 Å². The number of carbonyl (C=O) groups excluding carboxylic acids is 3. The number of allylic oxidation sites excluding steroid dienone is 1. The smallest absolute Gasteiger partial charge is 0.337 e. The van der Waals surface area contributed by atoms with E-state index >= 15 is 0 Å². The van der Waals surface area contributed by atoms with E-state index < -0.39 is 29.7 Å². The van der Waals surface area contributed by atoms with Crippen LogP contribution in [0.3, 0.4) is 0 Å². The van der Waals surface area contributed by atoms with Gasteiger partial charge in [-0.2, -0.15) is 23.5 Å². The minimum Gasteiger partial charge on any atom is -0.337 e. The third-order valence-corrected chi connectivity index (χ3v) is 7.08. The van der Waals surface area contributed by atoms with Gasteiger partial charge in [0.25, 0.3) is 5.91 Å². The minimum atomic E-state index is -4.62. The van der Waals surface area contributed by atoms with Crippen LogP contribution in [0.15, 0.2) is 66.1 Å². The van der Waals surface area contributed by atoms with Gasteiger partial charge in [0.2, 0.25) is 0 Å². The summed E-state index contributed by atoms with van der Waals surface area (Å²) in [6.45, 7) is 0.210. The summed E-state index contributed by atoms with van der Waals surface area (Å²) in [5.41, 5.74) is 1.03. The van der Waals surface area contributed by atoms with Crippen molar-refractivity contribution >= 4 is 23.4 Å². The van der Waals surface area contributed by atoms with Gasteiger partial charge in [-0.15, -0.1) is 0 Å². The molecule has 0 spiro atoms. The Labute approximate surface area is 227 Å². The Morgan fingerprint density at radius 3 is 2.65 bits per heavy atom. The monoisotopic (exact) mass is 548 g/mol. The molecule has 1 atom stereocenters. The number of halogens is 3. The summed E-state index contributed by atoms with van der Waals surface area (Å²) in [5.74, 6) is -0.715. The lowest BCUT2D eigenvalue weighted by Crippen LogP contribution is -2.48. The molecule has 1 aliphatic heterocycles. The second-order valence-electron chi connectivity index (χ2n) is 9.64. The molecule has 3 amide bonds. The zero-order valence-electron chi connectivity index (χ0n) is 21.5. The molecule has 2 heterocycles. The lowest BCUT2D eigenvalue weighted by atomic mass is 9.88. The Morgan fingerprint density at radius 1 is 1.20 bits per heavy atom. The Bertz CT molecular complexity index is 1590. The number of H-pyrrole nitrogens is 1. The molecule has 12 heteroatoms. The molecule has 3 aromatic rings. The van der Waals surface area contributed by atoms with Gasteiger partial charge in [0, 0.05) is 55.7 Å². The molecule has 5 rings (SSSR count). The molecular formula is C28H23F3N6O3. The lowest BCUT2D eigenvalue weighted by Gasteiger charge is -2.41. The van der Waals surface area contributed by atoms with Crippen molar-refractivity contribution in [3.05, 3.63) is 93.9 Å². The maximum Gasteiger partial charge on any atom is 0.416 e. The predicted molar refractivity (Wildman–Crippen MR) is 137 cm³/mol. The SMILES string of the molecule is CN(Cc1cn[nH]c1)C(=O)c1cc(C#N)ccc1C1C2=C(CCC2=O)N(c2cccc(C(F)(F)F)c2)C(=O)N1C. The fraction of sp³-hybridized carbons (Fsp3) is 0.250. The first kappa shape index (κ1) is 26.7. The number of likely N-dealkylation sites (N-methyl/N-ethyl adjacent to an activating group) is 1. The Hall–Kier alpha value is -4.92. The van der Waals surface area contributed by atoms with Crippen LogP contribution in [-0.4, -0.2) is 51.8 Å². The molecule has 2 aromatic carbocycles. The molecule has 0 bridgehead atoms. The zero-order valence-corrected chi connectivity index (χ0v) is 21.5. The maximum atomic E-state index is 13.7. The van der Waals surface area contributed by atoms with Crippen molar-refractivity contribution in [3.8, 4) is 6.07 Å². The summed E-state index contributed by atoms with van der Waals surface area (Å²) >= 11 is 0. The maximum absolute atomic E-state index is 13.7. The molecule has 40 heavy (non-hydrogen) atoms. The molecule has 0 fully saturated rings. The summed E-state index contributed by atoms with van der Waals surface area (Å²) < 4.78 is 40.3. The molecule has 1 unspecified atom stereocenters. The van der Waals surface area contributed by atoms with Gasteiger partial charge in [0.1, 0.15) is 0 Å². The van der Waals surface area contributed by atoms with Gasteiger partial charge in [0.15, 0.2) is 5.78 Å². The van der Waals surface area contributed by atoms with Crippen LogP contribution in [0, 0.1) is 11.3 Å². The third kappa shape index (κ3) is 4.59. The van der Waals surface area contributed by atoms with Gasteiger partial charge in [-0.1, -0.05) is 12.1 Å². The van der Waals surface area contributed by atoms with Crippen LogP contribution in [0.1, 0.15) is 51.5 Å². The third-order valence-electron chi connectivity index (χ3n) is 7.08. The second kappa shape index (κ2) is 10.00. The fourth-order valence-corrected chi connectivity index (χ4v) is 5.20. The van der Waals surface area contributed by atoms with Crippen molar-refractivity contribution in [2.45, 2.75) is 31.6 Å². The topological polar surface area (TPSA) is 113 Å². The standard InChI is InChI=1S/C28H23F3N6O3/c1-35(15-17-13-33-34-14-17)26(39)21-10-16(12-32)6-7-20(21)25-24-22(8-9-23(24)38)37(27(40)36(25)2)19-5-3-4-18(11-19)28(29,30)31/h3-7,10-11,13-14,25H,8-9,15H2,1-2H3,(H,33,34). The molecule has 9 nitrogen and oxygen atoms in total. The Morgan fingerprint density at radius 2 is 1.98 bits per heavy atom. The first-order valence-corrected chi connectivity index (χ1v) is 12.3. The van der Waals surface area contributed by atoms with Crippen LogP contribution in [0.5, 0.6) is 0 Å². The van der Waals surface area contributed by atoms with Crippen molar-refractivity contribution in [1.82, 2.24) is 20.0 Å². The Balaban J connectivity index is 1.62. The number of nitriles is 1. The molecule has 204 valence electrons. The first-order chi connectivity index (χ1) is 19.0. The number of amides is 3. The number of nitrogens with one attached hydrogen (secondary N) is 1. The largest absolute Gasteiger partial charge is 0.416 e. The predicted octanol–water partition coefficient (Wildman–Crippen LogP) is 4.80. The van der Waals surface area contributed by atoms with Gasteiger partial charge in [0.05, 0.1) is 35.1 Å². The van der Waals surface area contributed by atoms with E-state index in [0.29, 0.717) is 11.3 Å². The molecule has 1 N–H and O–H groups in total. The van der Waals surface area contributed by atoms with E-state index in [9.17, 15) is 32.8 Å². The van der Waals surface area contributed by atoms with E-state index in [1.807, 2.05) is 6.07 Å². The number of carbonyl (C=O) groups is 3. The molecule has 2 aliphatic rings. The van der Waals surface area contributed by atoms with Crippen molar-refractivity contribution in [3.63, 3.8) is 0 Å². The van der Waals surface area contributed by atoms with E-state index in [1.165, 1.54) is 41.1 Å². The number of hydrogen-bond acceptors (Lipinski definition) is 5. The quantitative estimate of drug-likeness (QED) is 0.492. The molecule has 0 saturated heterocycles. The van der Waals surface area contributed by atoms with Crippen molar-refractivity contribution < 1.29 is 27.6 Å². The number of nitrogens with zero attached hydrogens (tertiary/aromatic N) is 5.